The van der Waals surface area contributed by atoms with E-state index in [0.29, 0.717) is 0 Å². The molecule has 0 unspecified atom stereocenters. The summed E-state index contributed by atoms with van der Waals surface area (Å²) in [6.45, 7) is 3.63. The van der Waals surface area contributed by atoms with E-state index in [1.165, 1.54) is 12.0 Å². The van der Waals surface area contributed by atoms with Gasteiger partial charge in [0.25, 0.3) is 0 Å². The van der Waals surface area contributed by atoms with E-state index < -0.39 is 0 Å². The first-order valence-corrected chi connectivity index (χ1v) is 4.67. The molecule has 0 saturated heterocycles. The van der Waals surface area contributed by atoms with Gasteiger partial charge in [0, 0.05) is 12.0 Å². The zero-order chi connectivity index (χ0) is 8.91. The molecule has 0 N–H and O–H groups in total. The third kappa shape index (κ3) is 13.7. The molecule has 0 bridgehead atoms. The molecule has 5 heteroatoms. The van der Waals surface area contributed by atoms with E-state index in [9.17, 15) is 0 Å². The molecule has 12 heavy (non-hydrogen) atoms. The summed E-state index contributed by atoms with van der Waals surface area (Å²) in [5.74, 6) is 0. The Hall–Kier alpha value is 1.09. The van der Waals surface area contributed by atoms with Crippen LogP contribution >= 0.6 is 24.3 Å². The molecule has 0 aromatic rings. The van der Waals surface area contributed by atoms with Crippen molar-refractivity contribution in [2.24, 2.45) is 0 Å². The number of hydrogen-bond acceptors (Lipinski definition) is 3. The first-order chi connectivity index (χ1) is 4.92. The van der Waals surface area contributed by atoms with Crippen LogP contribution in [0.2, 0.25) is 0 Å². The molecule has 0 rings (SSSR count). The Morgan fingerprint density at radius 3 is 2.25 bits per heavy atom. The third-order valence-electron chi connectivity index (χ3n) is 1.02. The maximum Gasteiger partial charge on any atom is 0.111 e. The first kappa shape index (κ1) is 15.6. The number of thiocarbonyl (C=S) groups is 1. The summed E-state index contributed by atoms with van der Waals surface area (Å²) in [4.78, 5) is 0. The first-order valence-electron chi connectivity index (χ1n) is 3.52. The lowest BCUT2D eigenvalue weighted by Gasteiger charge is -2.23. The van der Waals surface area contributed by atoms with Gasteiger partial charge in [-0.15, -0.1) is 0 Å². The molecule has 0 amide bonds. The minimum atomic E-state index is 0. The van der Waals surface area contributed by atoms with Crippen LogP contribution in [0.1, 0.15) is 6.92 Å². The highest BCUT2D eigenvalue weighted by atomic mass is 127. The van der Waals surface area contributed by atoms with Crippen molar-refractivity contribution in [3.8, 4) is 0 Å². The number of halogens is 1. The largest absolute Gasteiger partial charge is 1.00 e. The summed E-state index contributed by atoms with van der Waals surface area (Å²) in [7, 11) is 6.41. The summed E-state index contributed by atoms with van der Waals surface area (Å²) >= 11 is 6.13. The molecular formula is C7H16INOS2. The molecule has 0 radical (unpaired) electrons. The van der Waals surface area contributed by atoms with E-state index in [2.05, 4.69) is 21.1 Å². The van der Waals surface area contributed by atoms with Crippen LogP contribution in [0, 0.1) is 0 Å². The minimum Gasteiger partial charge on any atom is -1.00 e. The van der Waals surface area contributed by atoms with Crippen LogP contribution in [0.3, 0.4) is 0 Å². The average molecular weight is 321 g/mol. The fraction of sp³-hybridized carbons (Fsp3) is 0.857. The molecule has 0 fully saturated rings. The molecule has 0 aromatic carbocycles. The Balaban J connectivity index is 0. The summed E-state index contributed by atoms with van der Waals surface area (Å²) in [5.41, 5.74) is 0. The quantitative estimate of drug-likeness (QED) is 0.210. The molecule has 0 spiro atoms. The number of hydrogen-bond donors (Lipinski definition) is 0. The smallest absolute Gasteiger partial charge is 0.111 e. The van der Waals surface area contributed by atoms with Gasteiger partial charge in [0.2, 0.25) is 0 Å². The number of likely N-dealkylation sites (N-methyl/N-ethyl adjacent to an activating group) is 1. The molecule has 0 heterocycles. The van der Waals surface area contributed by atoms with Crippen molar-refractivity contribution in [2.45, 2.75) is 6.92 Å². The molecule has 0 saturated carbocycles. The van der Waals surface area contributed by atoms with Crippen LogP contribution in [-0.4, -0.2) is 43.0 Å². The van der Waals surface area contributed by atoms with Gasteiger partial charge in [-0.2, -0.15) is 0 Å². The fourth-order valence-electron chi connectivity index (χ4n) is 0.436. The van der Waals surface area contributed by atoms with Crippen molar-refractivity contribution in [1.29, 1.82) is 0 Å². The zero-order valence-corrected chi connectivity index (χ0v) is 11.8. The van der Waals surface area contributed by atoms with Gasteiger partial charge in [-0.1, -0.05) is 12.2 Å². The number of nitrogens with zero attached hydrogens (tertiary/aromatic N) is 1. The van der Waals surface area contributed by atoms with Crippen molar-refractivity contribution in [2.75, 3.05) is 34.3 Å². The molecular weight excluding hydrogens is 305 g/mol. The van der Waals surface area contributed by atoms with Crippen molar-refractivity contribution >= 4 is 28.5 Å². The van der Waals surface area contributed by atoms with Crippen molar-refractivity contribution in [1.82, 2.24) is 0 Å². The van der Waals surface area contributed by atoms with Crippen LogP contribution in [-0.2, 0) is 4.18 Å². The van der Waals surface area contributed by atoms with Crippen molar-refractivity contribution < 1.29 is 32.6 Å². The highest BCUT2D eigenvalue weighted by Gasteiger charge is 2.05. The van der Waals surface area contributed by atoms with E-state index in [0.717, 1.165) is 21.8 Å². The Kier molecular flexibility index (Phi) is 9.71. The SMILES string of the molecule is CC(=S)SOCC[N+](C)(C)C.[I-]. The molecule has 0 aliphatic carbocycles. The molecule has 0 aromatic heterocycles. The van der Waals surface area contributed by atoms with E-state index in [1.54, 1.807) is 0 Å². The fourth-order valence-corrected chi connectivity index (χ4v) is 0.904. The Labute approximate surface area is 102 Å². The monoisotopic (exact) mass is 321 g/mol. The van der Waals surface area contributed by atoms with Gasteiger partial charge >= 0.3 is 0 Å². The Bertz CT molecular complexity index is 136. The molecule has 2 nitrogen and oxygen atoms in total. The topological polar surface area (TPSA) is 9.23 Å². The van der Waals surface area contributed by atoms with Gasteiger partial charge < -0.3 is 32.6 Å². The van der Waals surface area contributed by atoms with Gasteiger partial charge in [0.1, 0.15) is 13.2 Å². The summed E-state index contributed by atoms with van der Waals surface area (Å²) in [6.07, 6.45) is 0. The van der Waals surface area contributed by atoms with E-state index in [-0.39, 0.29) is 24.0 Å². The molecule has 74 valence electrons. The molecule has 0 aliphatic rings. The van der Waals surface area contributed by atoms with Crippen LogP contribution in [0.5, 0.6) is 0 Å². The van der Waals surface area contributed by atoms with Gasteiger partial charge in [-0.3, -0.25) is 0 Å². The summed E-state index contributed by atoms with van der Waals surface area (Å²) < 4.78 is 7.00. The van der Waals surface area contributed by atoms with Gasteiger partial charge in [0.15, 0.2) is 0 Å². The molecule has 0 aliphatic heterocycles. The van der Waals surface area contributed by atoms with Gasteiger partial charge in [0.05, 0.1) is 25.3 Å². The van der Waals surface area contributed by atoms with Crippen molar-refractivity contribution in [3.05, 3.63) is 0 Å². The minimum absolute atomic E-state index is 0. The highest BCUT2D eigenvalue weighted by molar-refractivity contribution is 8.20. The normalized spacial score (nSPS) is 10.7. The van der Waals surface area contributed by atoms with Crippen LogP contribution in [0.4, 0.5) is 0 Å². The van der Waals surface area contributed by atoms with E-state index in [1.807, 2.05) is 6.92 Å². The molecule has 0 atom stereocenters. The highest BCUT2D eigenvalue weighted by Crippen LogP contribution is 2.05. The standard InChI is InChI=1S/C7H16NOS2.HI/c1-7(10)11-9-6-5-8(2,3)4;/h5-6H2,1-4H3;1H/q+1;/p-1. The lowest BCUT2D eigenvalue weighted by molar-refractivity contribution is -0.870. The number of quaternary nitrogens is 1. The maximum absolute atomic E-state index is 5.23. The number of rotatable bonds is 4. The van der Waals surface area contributed by atoms with Gasteiger partial charge in [-0.05, 0) is 6.92 Å². The maximum atomic E-state index is 5.23. The summed E-state index contributed by atoms with van der Waals surface area (Å²) in [6, 6.07) is 0. The van der Waals surface area contributed by atoms with Crippen LogP contribution < -0.4 is 24.0 Å². The second kappa shape index (κ2) is 7.49. The second-order valence-electron chi connectivity index (χ2n) is 3.41. The van der Waals surface area contributed by atoms with E-state index >= 15 is 0 Å². The second-order valence-corrected chi connectivity index (χ2v) is 5.30. The Morgan fingerprint density at radius 2 is 1.92 bits per heavy atom. The lowest BCUT2D eigenvalue weighted by atomic mass is 10.5. The van der Waals surface area contributed by atoms with Gasteiger partial charge in [-0.25, -0.2) is 0 Å². The average Bonchev–Trinajstić information content (AvgIpc) is 1.78. The summed E-state index contributed by atoms with van der Waals surface area (Å²) in [5, 5.41) is 0. The Morgan fingerprint density at radius 1 is 1.42 bits per heavy atom. The van der Waals surface area contributed by atoms with Crippen LogP contribution in [0.25, 0.3) is 0 Å². The van der Waals surface area contributed by atoms with Crippen molar-refractivity contribution in [3.63, 3.8) is 0 Å². The predicted octanol–water partition coefficient (Wildman–Crippen LogP) is -1.29. The lowest BCUT2D eigenvalue weighted by Crippen LogP contribution is -3.00. The predicted molar refractivity (Wildman–Crippen MR) is 54.7 cm³/mol. The van der Waals surface area contributed by atoms with E-state index in [4.69, 9.17) is 16.4 Å². The van der Waals surface area contributed by atoms with Crippen LogP contribution in [0.15, 0.2) is 0 Å². The zero-order valence-electron chi connectivity index (χ0n) is 7.96. The third-order valence-corrected chi connectivity index (χ3v) is 1.75.